The second-order valence-corrected chi connectivity index (χ2v) is 11.0. The van der Waals surface area contributed by atoms with Crippen molar-refractivity contribution >= 4 is 23.2 Å². The summed E-state index contributed by atoms with van der Waals surface area (Å²) >= 11 is 11.6. The summed E-state index contributed by atoms with van der Waals surface area (Å²) in [7, 11) is 0. The van der Waals surface area contributed by atoms with E-state index in [0.29, 0.717) is 71.5 Å². The molecule has 0 radical (unpaired) electrons. The molecule has 46 heavy (non-hydrogen) atoms. The van der Waals surface area contributed by atoms with E-state index < -0.39 is 0 Å². The van der Waals surface area contributed by atoms with Crippen molar-refractivity contribution in [3.63, 3.8) is 0 Å². The summed E-state index contributed by atoms with van der Waals surface area (Å²) in [5.74, 6) is 4.62. The lowest BCUT2D eigenvalue weighted by Crippen LogP contribution is -1.88. The van der Waals surface area contributed by atoms with Gasteiger partial charge in [0.15, 0.2) is 0 Å². The molecule has 0 unspecified atom stereocenters. The van der Waals surface area contributed by atoms with Gasteiger partial charge >= 0.3 is 0 Å². The Morgan fingerprint density at radius 1 is 0.435 bits per heavy atom. The van der Waals surface area contributed by atoms with Crippen molar-refractivity contribution in [1.29, 1.82) is 0 Å². The van der Waals surface area contributed by atoms with Crippen LogP contribution < -0.4 is 0 Å². The summed E-state index contributed by atoms with van der Waals surface area (Å²) in [6, 6.07) is 22.5. The van der Waals surface area contributed by atoms with Gasteiger partial charge in [-0.25, -0.2) is 0 Å². The van der Waals surface area contributed by atoms with Gasteiger partial charge in [-0.3, -0.25) is 0 Å². The van der Waals surface area contributed by atoms with Gasteiger partial charge in [0, 0.05) is 58.0 Å². The summed E-state index contributed by atoms with van der Waals surface area (Å²) < 4.78 is 21.9. The summed E-state index contributed by atoms with van der Waals surface area (Å²) in [6.45, 7) is 0. The molecule has 0 aliphatic carbocycles. The van der Waals surface area contributed by atoms with E-state index in [2.05, 4.69) is 40.6 Å². The van der Waals surface area contributed by atoms with Gasteiger partial charge < -0.3 is 18.1 Å². The second kappa shape index (κ2) is 13.4. The van der Waals surface area contributed by atoms with Gasteiger partial charge in [0.05, 0.1) is 0 Å². The molecule has 0 N–H and O–H groups in total. The fourth-order valence-corrected chi connectivity index (χ4v) is 4.95. The van der Waals surface area contributed by atoms with Crippen molar-refractivity contribution in [2.75, 3.05) is 11.8 Å². The van der Waals surface area contributed by atoms with Crippen LogP contribution in [0.4, 0.5) is 0 Å². The molecule has 0 aliphatic heterocycles. The maximum atomic E-state index is 5.78. The number of alkyl halides is 2. The average Bonchev–Trinajstić information content (AvgIpc) is 3.94. The lowest BCUT2D eigenvalue weighted by atomic mass is 10.1. The predicted molar refractivity (Wildman–Crippen MR) is 169 cm³/mol. The van der Waals surface area contributed by atoms with Gasteiger partial charge in [-0.2, -0.15) is 19.9 Å². The highest BCUT2D eigenvalue weighted by molar-refractivity contribution is 6.18. The van der Waals surface area contributed by atoms with Crippen molar-refractivity contribution in [2.24, 2.45) is 0 Å². The largest absolute Gasteiger partial charge is 0.339 e. The third kappa shape index (κ3) is 6.44. The zero-order chi connectivity index (χ0) is 31.3. The molecule has 0 amide bonds. The molecule has 7 rings (SSSR count). The molecule has 4 heterocycles. The van der Waals surface area contributed by atoms with Crippen LogP contribution >= 0.6 is 23.2 Å². The number of aryl methyl sites for hydroxylation is 2. The van der Waals surface area contributed by atoms with Crippen LogP contribution in [0.2, 0.25) is 0 Å². The monoisotopic (exact) mass is 654 g/mol. The maximum Gasteiger partial charge on any atom is 0.258 e. The first kappa shape index (κ1) is 29.5. The molecule has 0 saturated heterocycles. The third-order valence-corrected chi connectivity index (χ3v) is 7.49. The van der Waals surface area contributed by atoms with Gasteiger partial charge in [0.2, 0.25) is 35.1 Å². The van der Waals surface area contributed by atoms with Gasteiger partial charge in [0.25, 0.3) is 11.8 Å². The predicted octanol–water partition coefficient (Wildman–Crippen LogP) is 7.56. The van der Waals surface area contributed by atoms with E-state index in [1.54, 1.807) is 0 Å². The van der Waals surface area contributed by atoms with Gasteiger partial charge in [-0.15, -0.1) is 23.2 Å². The van der Waals surface area contributed by atoms with Crippen molar-refractivity contribution in [2.45, 2.75) is 25.7 Å². The molecule has 3 aromatic carbocycles. The van der Waals surface area contributed by atoms with Crippen LogP contribution in [-0.4, -0.2) is 52.3 Å². The van der Waals surface area contributed by atoms with E-state index in [0.717, 1.165) is 46.2 Å². The maximum absolute atomic E-state index is 5.78. The Morgan fingerprint density at radius 3 is 1.20 bits per heavy atom. The lowest BCUT2D eigenvalue weighted by Gasteiger charge is -1.99. The fraction of sp³-hybridized carbons (Fsp3) is 0.188. The van der Waals surface area contributed by atoms with Crippen LogP contribution in [0.3, 0.4) is 0 Å². The number of benzene rings is 3. The third-order valence-electron chi connectivity index (χ3n) is 6.95. The molecular formula is C32H24Cl2N8O4. The van der Waals surface area contributed by atoms with Gasteiger partial charge in [-0.05, 0) is 43.2 Å². The van der Waals surface area contributed by atoms with E-state index in [-0.39, 0.29) is 0 Å². The quantitative estimate of drug-likeness (QED) is 0.119. The Balaban J connectivity index is 1.09. The Labute approximate surface area is 271 Å². The summed E-state index contributed by atoms with van der Waals surface area (Å²) in [4.78, 5) is 18.2. The lowest BCUT2D eigenvalue weighted by molar-refractivity contribution is 0.378. The molecular weight excluding hydrogens is 631 g/mol. The first-order valence-electron chi connectivity index (χ1n) is 14.4. The summed E-state index contributed by atoms with van der Waals surface area (Å²) in [5.41, 5.74) is 4.42. The molecule has 0 atom stereocenters. The standard InChI is InChI=1S/C32H24Cl2N8O4/c33-14-4-12-25-35-27(39-43-25)21-8-2-10-23(17-21)31-37-29(41-45-31)19-6-1-7-20(16-19)30-38-32(46-42-30)24-11-3-9-22(18-24)28-36-26(44-40-28)13-5-15-34/h1-3,6-11,16-18H,4-5,12-15H2. The second-order valence-electron chi connectivity index (χ2n) is 10.2. The Kier molecular flexibility index (Phi) is 8.61. The number of halogens is 2. The molecule has 0 saturated carbocycles. The van der Waals surface area contributed by atoms with Crippen LogP contribution in [0.5, 0.6) is 0 Å². The van der Waals surface area contributed by atoms with Gasteiger partial charge in [0.1, 0.15) is 0 Å². The van der Waals surface area contributed by atoms with E-state index >= 15 is 0 Å². The minimum atomic E-state index is 0.350. The van der Waals surface area contributed by atoms with Crippen LogP contribution in [0, 0.1) is 0 Å². The molecule has 0 bridgehead atoms. The van der Waals surface area contributed by atoms with Crippen LogP contribution in [0.15, 0.2) is 90.9 Å². The van der Waals surface area contributed by atoms with E-state index in [9.17, 15) is 0 Å². The average molecular weight is 656 g/mol. The highest BCUT2D eigenvalue weighted by atomic mass is 35.5. The molecule has 0 aliphatic rings. The van der Waals surface area contributed by atoms with Gasteiger partial charge in [-0.1, -0.05) is 63.1 Å². The summed E-state index contributed by atoms with van der Waals surface area (Å²) in [5, 5.41) is 16.6. The minimum absolute atomic E-state index is 0.350. The van der Waals surface area contributed by atoms with Crippen molar-refractivity contribution in [3.05, 3.63) is 84.6 Å². The normalized spacial score (nSPS) is 11.3. The van der Waals surface area contributed by atoms with E-state index in [1.165, 1.54) is 0 Å². The molecule has 4 aromatic heterocycles. The Bertz CT molecular complexity index is 1940. The fourth-order valence-electron chi connectivity index (χ4n) is 4.68. The van der Waals surface area contributed by atoms with E-state index in [1.807, 2.05) is 72.8 Å². The van der Waals surface area contributed by atoms with Crippen molar-refractivity contribution in [1.82, 2.24) is 40.6 Å². The number of aromatic nitrogens is 8. The summed E-state index contributed by atoms with van der Waals surface area (Å²) in [6.07, 6.45) is 2.77. The Morgan fingerprint density at radius 2 is 0.783 bits per heavy atom. The molecule has 14 heteroatoms. The first-order chi connectivity index (χ1) is 22.7. The highest BCUT2D eigenvalue weighted by Crippen LogP contribution is 2.30. The first-order valence-corrected chi connectivity index (χ1v) is 15.5. The molecule has 7 aromatic rings. The number of hydrogen-bond acceptors (Lipinski definition) is 12. The Hall–Kier alpha value is -5.20. The molecule has 0 fully saturated rings. The molecule has 230 valence electrons. The van der Waals surface area contributed by atoms with Crippen LogP contribution in [-0.2, 0) is 12.8 Å². The van der Waals surface area contributed by atoms with E-state index in [4.69, 9.17) is 41.3 Å². The van der Waals surface area contributed by atoms with Crippen LogP contribution in [0.1, 0.15) is 24.6 Å². The minimum Gasteiger partial charge on any atom is -0.339 e. The molecule has 0 spiro atoms. The number of rotatable bonds is 12. The van der Waals surface area contributed by atoms with Crippen molar-refractivity contribution in [3.8, 4) is 68.5 Å². The zero-order valence-electron chi connectivity index (χ0n) is 24.1. The SMILES string of the molecule is ClCCCc1nc(-c2cccc(-c3nc(-c4cccc(-c5noc(-c6cccc(-c7noc(CCCCl)n7)c6)n5)c4)no3)c2)no1. The van der Waals surface area contributed by atoms with Crippen molar-refractivity contribution < 1.29 is 18.1 Å². The topological polar surface area (TPSA) is 156 Å². The number of hydrogen-bond donors (Lipinski definition) is 0. The highest BCUT2D eigenvalue weighted by Gasteiger charge is 2.17. The molecule has 12 nitrogen and oxygen atoms in total. The zero-order valence-corrected chi connectivity index (χ0v) is 25.6. The number of nitrogens with zero attached hydrogens (tertiary/aromatic N) is 8. The smallest absolute Gasteiger partial charge is 0.258 e. The van der Waals surface area contributed by atoms with Crippen LogP contribution in [0.25, 0.3) is 68.5 Å².